The maximum absolute atomic E-state index is 3.78. The molecule has 0 aromatic carbocycles. The van der Waals surface area contributed by atoms with Gasteiger partial charge in [-0.15, -0.1) is 0 Å². The lowest BCUT2D eigenvalue weighted by molar-refractivity contribution is 0.245. The molecule has 0 aromatic rings. The third-order valence-corrected chi connectivity index (χ3v) is 4.58. The van der Waals surface area contributed by atoms with E-state index in [2.05, 4.69) is 24.1 Å². The van der Waals surface area contributed by atoms with E-state index in [4.69, 9.17) is 0 Å². The fourth-order valence-electron chi connectivity index (χ4n) is 3.28. The SMILES string of the molecule is CCC1CCC(NCC(C)N2CCCC2)C1. The van der Waals surface area contributed by atoms with Gasteiger partial charge in [-0.1, -0.05) is 13.3 Å². The lowest BCUT2D eigenvalue weighted by Crippen LogP contribution is -2.41. The van der Waals surface area contributed by atoms with Crippen LogP contribution in [-0.2, 0) is 0 Å². The van der Waals surface area contributed by atoms with Crippen LogP contribution < -0.4 is 5.32 Å². The number of nitrogens with zero attached hydrogens (tertiary/aromatic N) is 1. The highest BCUT2D eigenvalue weighted by Crippen LogP contribution is 2.27. The molecule has 2 rings (SSSR count). The molecule has 0 spiro atoms. The average Bonchev–Trinajstić information content (AvgIpc) is 2.96. The molecule has 0 aromatic heterocycles. The van der Waals surface area contributed by atoms with Crippen molar-refractivity contribution < 1.29 is 0 Å². The number of hydrogen-bond donors (Lipinski definition) is 1. The van der Waals surface area contributed by atoms with Crippen molar-refractivity contribution in [3.8, 4) is 0 Å². The van der Waals surface area contributed by atoms with Gasteiger partial charge in [0.2, 0.25) is 0 Å². The summed E-state index contributed by atoms with van der Waals surface area (Å²) in [5.41, 5.74) is 0. The molecule has 94 valence electrons. The van der Waals surface area contributed by atoms with E-state index in [1.54, 1.807) is 0 Å². The molecule has 0 bridgehead atoms. The normalized spacial score (nSPS) is 33.4. The predicted molar refractivity (Wildman–Crippen MR) is 69.7 cm³/mol. The third kappa shape index (κ3) is 3.21. The summed E-state index contributed by atoms with van der Waals surface area (Å²) < 4.78 is 0. The molecule has 1 N–H and O–H groups in total. The van der Waals surface area contributed by atoms with Crippen molar-refractivity contribution in [3.05, 3.63) is 0 Å². The molecular formula is C14H28N2. The second kappa shape index (κ2) is 6.02. The molecule has 1 aliphatic carbocycles. The summed E-state index contributed by atoms with van der Waals surface area (Å²) in [6, 6.07) is 1.55. The standard InChI is InChI=1S/C14H28N2/c1-3-13-6-7-14(10-13)15-11-12(2)16-8-4-5-9-16/h12-15H,3-11H2,1-2H3. The smallest absolute Gasteiger partial charge is 0.0192 e. The summed E-state index contributed by atoms with van der Waals surface area (Å²) in [5, 5.41) is 3.78. The van der Waals surface area contributed by atoms with E-state index in [1.165, 1.54) is 58.2 Å². The van der Waals surface area contributed by atoms with Crippen molar-refractivity contribution in [2.75, 3.05) is 19.6 Å². The average molecular weight is 224 g/mol. The molecule has 3 atom stereocenters. The summed E-state index contributed by atoms with van der Waals surface area (Å²) >= 11 is 0. The van der Waals surface area contributed by atoms with Gasteiger partial charge in [-0.25, -0.2) is 0 Å². The Kier molecular flexibility index (Phi) is 4.66. The van der Waals surface area contributed by atoms with Gasteiger partial charge in [0, 0.05) is 18.6 Å². The lowest BCUT2D eigenvalue weighted by atomic mass is 10.1. The van der Waals surface area contributed by atoms with E-state index in [1.807, 2.05) is 0 Å². The van der Waals surface area contributed by atoms with Crippen LogP contribution >= 0.6 is 0 Å². The van der Waals surface area contributed by atoms with Crippen LogP contribution in [-0.4, -0.2) is 36.6 Å². The zero-order valence-electron chi connectivity index (χ0n) is 11.0. The monoisotopic (exact) mass is 224 g/mol. The van der Waals surface area contributed by atoms with E-state index in [0.717, 1.165) is 18.0 Å². The van der Waals surface area contributed by atoms with Crippen LogP contribution in [0.15, 0.2) is 0 Å². The Labute approximate surface area is 101 Å². The van der Waals surface area contributed by atoms with Crippen LogP contribution in [0.5, 0.6) is 0 Å². The van der Waals surface area contributed by atoms with Crippen molar-refractivity contribution in [3.63, 3.8) is 0 Å². The Hall–Kier alpha value is -0.0800. The van der Waals surface area contributed by atoms with Crippen molar-refractivity contribution in [1.29, 1.82) is 0 Å². The zero-order valence-corrected chi connectivity index (χ0v) is 11.0. The first-order valence-corrected chi connectivity index (χ1v) is 7.27. The van der Waals surface area contributed by atoms with E-state index < -0.39 is 0 Å². The summed E-state index contributed by atoms with van der Waals surface area (Å²) in [6.07, 6.45) is 8.47. The predicted octanol–water partition coefficient (Wildman–Crippen LogP) is 2.64. The van der Waals surface area contributed by atoms with Gasteiger partial charge in [-0.2, -0.15) is 0 Å². The first-order valence-electron chi connectivity index (χ1n) is 7.27. The largest absolute Gasteiger partial charge is 0.312 e. The molecule has 1 aliphatic heterocycles. The van der Waals surface area contributed by atoms with Crippen LogP contribution in [0.2, 0.25) is 0 Å². The quantitative estimate of drug-likeness (QED) is 0.772. The summed E-state index contributed by atoms with van der Waals surface area (Å²) in [4.78, 5) is 2.64. The van der Waals surface area contributed by atoms with Crippen LogP contribution in [0, 0.1) is 5.92 Å². The highest BCUT2D eigenvalue weighted by molar-refractivity contribution is 4.82. The van der Waals surface area contributed by atoms with Gasteiger partial charge in [0.1, 0.15) is 0 Å². The van der Waals surface area contributed by atoms with Gasteiger partial charge in [0.15, 0.2) is 0 Å². The lowest BCUT2D eigenvalue weighted by Gasteiger charge is -2.25. The first-order chi connectivity index (χ1) is 7.79. The summed E-state index contributed by atoms with van der Waals surface area (Å²) in [7, 11) is 0. The van der Waals surface area contributed by atoms with Gasteiger partial charge in [0.05, 0.1) is 0 Å². The Balaban J connectivity index is 1.63. The second-order valence-corrected chi connectivity index (χ2v) is 5.78. The highest BCUT2D eigenvalue weighted by atomic mass is 15.2. The molecule has 2 aliphatic rings. The van der Waals surface area contributed by atoms with E-state index in [0.29, 0.717) is 0 Å². The van der Waals surface area contributed by atoms with Crippen LogP contribution in [0.25, 0.3) is 0 Å². The Morgan fingerprint density at radius 3 is 2.62 bits per heavy atom. The van der Waals surface area contributed by atoms with Crippen LogP contribution in [0.3, 0.4) is 0 Å². The fraction of sp³-hybridized carbons (Fsp3) is 1.00. The van der Waals surface area contributed by atoms with Gasteiger partial charge in [-0.3, -0.25) is 4.90 Å². The minimum Gasteiger partial charge on any atom is -0.312 e. The molecule has 2 fully saturated rings. The first kappa shape index (κ1) is 12.4. The highest BCUT2D eigenvalue weighted by Gasteiger charge is 2.24. The molecule has 1 heterocycles. The second-order valence-electron chi connectivity index (χ2n) is 5.78. The van der Waals surface area contributed by atoms with E-state index in [9.17, 15) is 0 Å². The molecular weight excluding hydrogens is 196 g/mol. The number of nitrogens with one attached hydrogen (secondary N) is 1. The number of rotatable bonds is 5. The molecule has 0 amide bonds. The van der Waals surface area contributed by atoms with Crippen LogP contribution in [0.4, 0.5) is 0 Å². The van der Waals surface area contributed by atoms with Gasteiger partial charge < -0.3 is 5.32 Å². The summed E-state index contributed by atoms with van der Waals surface area (Å²) in [6.45, 7) is 8.56. The number of hydrogen-bond acceptors (Lipinski definition) is 2. The maximum atomic E-state index is 3.78. The molecule has 2 heteroatoms. The fourth-order valence-corrected chi connectivity index (χ4v) is 3.28. The van der Waals surface area contributed by atoms with Crippen molar-refractivity contribution in [2.24, 2.45) is 5.92 Å². The zero-order chi connectivity index (χ0) is 11.4. The summed E-state index contributed by atoms with van der Waals surface area (Å²) in [5.74, 6) is 1.000. The van der Waals surface area contributed by atoms with Gasteiger partial charge >= 0.3 is 0 Å². The molecule has 2 nitrogen and oxygen atoms in total. The van der Waals surface area contributed by atoms with Crippen molar-refractivity contribution in [1.82, 2.24) is 10.2 Å². The minimum absolute atomic E-state index is 0.739. The molecule has 1 saturated carbocycles. The van der Waals surface area contributed by atoms with Crippen LogP contribution in [0.1, 0.15) is 52.4 Å². The van der Waals surface area contributed by atoms with Gasteiger partial charge in [-0.05, 0) is 58.0 Å². The molecule has 3 unspecified atom stereocenters. The minimum atomic E-state index is 0.739. The Morgan fingerprint density at radius 2 is 2.00 bits per heavy atom. The number of likely N-dealkylation sites (tertiary alicyclic amines) is 1. The van der Waals surface area contributed by atoms with Crippen molar-refractivity contribution in [2.45, 2.75) is 64.5 Å². The Morgan fingerprint density at radius 1 is 1.25 bits per heavy atom. The molecule has 1 saturated heterocycles. The maximum Gasteiger partial charge on any atom is 0.0192 e. The topological polar surface area (TPSA) is 15.3 Å². The van der Waals surface area contributed by atoms with Gasteiger partial charge in [0.25, 0.3) is 0 Å². The molecule has 0 radical (unpaired) electrons. The molecule has 16 heavy (non-hydrogen) atoms. The van der Waals surface area contributed by atoms with Crippen molar-refractivity contribution >= 4 is 0 Å². The van der Waals surface area contributed by atoms with E-state index in [-0.39, 0.29) is 0 Å². The van der Waals surface area contributed by atoms with E-state index >= 15 is 0 Å². The Bertz CT molecular complexity index is 199. The third-order valence-electron chi connectivity index (χ3n) is 4.58.